The van der Waals surface area contributed by atoms with Crippen LogP contribution in [0.4, 0.5) is 5.82 Å². The van der Waals surface area contributed by atoms with Gasteiger partial charge in [0.1, 0.15) is 5.82 Å². The molecule has 1 atom stereocenters. The largest absolute Gasteiger partial charge is 0.388 e. The SMILES string of the molecule is CCCC(C)(O)CNc1ncc(Br)cc1C. The van der Waals surface area contributed by atoms with E-state index >= 15 is 0 Å². The number of aromatic nitrogens is 1. The van der Waals surface area contributed by atoms with Gasteiger partial charge in [0, 0.05) is 17.2 Å². The Morgan fingerprint density at radius 1 is 1.56 bits per heavy atom. The third-order valence-corrected chi connectivity index (χ3v) is 2.90. The van der Waals surface area contributed by atoms with Crippen molar-refractivity contribution in [3.05, 3.63) is 22.3 Å². The van der Waals surface area contributed by atoms with E-state index < -0.39 is 5.60 Å². The molecule has 0 amide bonds. The molecule has 1 heterocycles. The first kappa shape index (κ1) is 13.5. The molecule has 1 aromatic heterocycles. The molecule has 1 aromatic rings. The van der Waals surface area contributed by atoms with Gasteiger partial charge in [0.15, 0.2) is 0 Å². The standard InChI is InChI=1S/C12H19BrN2O/c1-4-5-12(3,16)8-15-11-9(2)6-10(13)7-14-11/h6-7,16H,4-5,8H2,1-3H3,(H,14,15). The summed E-state index contributed by atoms with van der Waals surface area (Å²) < 4.78 is 0.968. The lowest BCUT2D eigenvalue weighted by Crippen LogP contribution is -2.33. The summed E-state index contributed by atoms with van der Waals surface area (Å²) in [5.74, 6) is 0.833. The molecule has 0 bridgehead atoms. The molecule has 0 saturated heterocycles. The Balaban J connectivity index is 2.61. The van der Waals surface area contributed by atoms with Gasteiger partial charge in [-0.05, 0) is 47.8 Å². The number of nitrogens with one attached hydrogen (secondary N) is 1. The van der Waals surface area contributed by atoms with Gasteiger partial charge in [-0.3, -0.25) is 0 Å². The Bertz CT molecular complexity index is 353. The van der Waals surface area contributed by atoms with Crippen LogP contribution < -0.4 is 5.32 Å². The maximum atomic E-state index is 10.0. The van der Waals surface area contributed by atoms with Crippen LogP contribution in [-0.2, 0) is 0 Å². The minimum atomic E-state index is -0.671. The van der Waals surface area contributed by atoms with E-state index in [1.54, 1.807) is 6.20 Å². The Morgan fingerprint density at radius 3 is 2.81 bits per heavy atom. The highest BCUT2D eigenvalue weighted by Crippen LogP contribution is 2.18. The number of nitrogens with zero attached hydrogens (tertiary/aromatic N) is 1. The van der Waals surface area contributed by atoms with Crippen molar-refractivity contribution >= 4 is 21.7 Å². The predicted molar refractivity (Wildman–Crippen MR) is 70.7 cm³/mol. The topological polar surface area (TPSA) is 45.1 Å². The normalized spacial score (nSPS) is 14.6. The van der Waals surface area contributed by atoms with E-state index in [9.17, 15) is 5.11 Å². The van der Waals surface area contributed by atoms with E-state index in [0.717, 1.165) is 28.7 Å². The van der Waals surface area contributed by atoms with Crippen LogP contribution in [0.15, 0.2) is 16.7 Å². The minimum Gasteiger partial charge on any atom is -0.388 e. The Kier molecular flexibility index (Phi) is 4.74. The van der Waals surface area contributed by atoms with Crippen molar-refractivity contribution < 1.29 is 5.11 Å². The van der Waals surface area contributed by atoms with Gasteiger partial charge in [-0.2, -0.15) is 0 Å². The van der Waals surface area contributed by atoms with Crippen LogP contribution >= 0.6 is 15.9 Å². The van der Waals surface area contributed by atoms with Crippen molar-refractivity contribution in [3.63, 3.8) is 0 Å². The maximum absolute atomic E-state index is 10.0. The quantitative estimate of drug-likeness (QED) is 0.874. The molecule has 0 aliphatic heterocycles. The lowest BCUT2D eigenvalue weighted by Gasteiger charge is -2.23. The highest BCUT2D eigenvalue weighted by molar-refractivity contribution is 9.10. The monoisotopic (exact) mass is 286 g/mol. The summed E-state index contributed by atoms with van der Waals surface area (Å²) in [6, 6.07) is 2.00. The zero-order valence-electron chi connectivity index (χ0n) is 10.0. The Labute approximate surface area is 105 Å². The summed E-state index contributed by atoms with van der Waals surface area (Å²) in [6.45, 7) is 6.43. The molecule has 1 rings (SSSR count). The number of aryl methyl sites for hydroxylation is 1. The summed E-state index contributed by atoms with van der Waals surface area (Å²) in [5.41, 5.74) is 0.400. The first-order chi connectivity index (χ1) is 7.44. The summed E-state index contributed by atoms with van der Waals surface area (Å²) >= 11 is 3.37. The molecule has 4 heteroatoms. The van der Waals surface area contributed by atoms with Gasteiger partial charge in [-0.25, -0.2) is 4.98 Å². The third kappa shape index (κ3) is 4.10. The van der Waals surface area contributed by atoms with Crippen LogP contribution in [0.25, 0.3) is 0 Å². The third-order valence-electron chi connectivity index (χ3n) is 2.47. The summed E-state index contributed by atoms with van der Waals surface area (Å²) in [5, 5.41) is 13.2. The lowest BCUT2D eigenvalue weighted by atomic mass is 10.0. The van der Waals surface area contributed by atoms with Crippen molar-refractivity contribution in [1.29, 1.82) is 0 Å². The Morgan fingerprint density at radius 2 is 2.25 bits per heavy atom. The van der Waals surface area contributed by atoms with Crippen LogP contribution in [0.5, 0.6) is 0 Å². The number of rotatable bonds is 5. The molecule has 0 saturated carbocycles. The molecular weight excluding hydrogens is 268 g/mol. The molecule has 16 heavy (non-hydrogen) atoms. The molecule has 0 aromatic carbocycles. The predicted octanol–water partition coefficient (Wildman–Crippen LogP) is 3.12. The first-order valence-corrected chi connectivity index (χ1v) is 6.32. The molecule has 0 fully saturated rings. The van der Waals surface area contributed by atoms with E-state index in [1.165, 1.54) is 0 Å². The van der Waals surface area contributed by atoms with Crippen LogP contribution in [0.1, 0.15) is 32.3 Å². The minimum absolute atomic E-state index is 0.524. The first-order valence-electron chi connectivity index (χ1n) is 5.53. The smallest absolute Gasteiger partial charge is 0.129 e. The second-order valence-corrected chi connectivity index (χ2v) is 5.34. The second kappa shape index (κ2) is 5.64. The molecule has 3 nitrogen and oxygen atoms in total. The van der Waals surface area contributed by atoms with Gasteiger partial charge in [-0.1, -0.05) is 13.3 Å². The van der Waals surface area contributed by atoms with Gasteiger partial charge in [0.05, 0.1) is 5.60 Å². The van der Waals surface area contributed by atoms with Crippen molar-refractivity contribution in [2.24, 2.45) is 0 Å². The average molecular weight is 287 g/mol. The van der Waals surface area contributed by atoms with Crippen molar-refractivity contribution in [2.75, 3.05) is 11.9 Å². The number of hydrogen-bond donors (Lipinski definition) is 2. The molecule has 0 aliphatic rings. The van der Waals surface area contributed by atoms with Gasteiger partial charge in [0.2, 0.25) is 0 Å². The molecule has 90 valence electrons. The van der Waals surface area contributed by atoms with E-state index in [4.69, 9.17) is 0 Å². The zero-order chi connectivity index (χ0) is 12.2. The van der Waals surface area contributed by atoms with E-state index in [2.05, 4.69) is 33.2 Å². The fraction of sp³-hybridized carbons (Fsp3) is 0.583. The average Bonchev–Trinajstić information content (AvgIpc) is 2.16. The van der Waals surface area contributed by atoms with E-state index in [0.29, 0.717) is 6.54 Å². The van der Waals surface area contributed by atoms with Crippen LogP contribution in [0.3, 0.4) is 0 Å². The van der Waals surface area contributed by atoms with E-state index in [-0.39, 0.29) is 0 Å². The number of halogens is 1. The molecule has 1 unspecified atom stereocenters. The van der Waals surface area contributed by atoms with Crippen LogP contribution in [0, 0.1) is 6.92 Å². The van der Waals surface area contributed by atoms with Gasteiger partial charge < -0.3 is 10.4 Å². The number of hydrogen-bond acceptors (Lipinski definition) is 3. The maximum Gasteiger partial charge on any atom is 0.129 e. The molecule has 0 aliphatic carbocycles. The van der Waals surface area contributed by atoms with Gasteiger partial charge in [-0.15, -0.1) is 0 Å². The number of pyridine rings is 1. The van der Waals surface area contributed by atoms with Crippen LogP contribution in [0.2, 0.25) is 0 Å². The van der Waals surface area contributed by atoms with Gasteiger partial charge >= 0.3 is 0 Å². The van der Waals surface area contributed by atoms with Gasteiger partial charge in [0.25, 0.3) is 0 Å². The molecule has 2 N–H and O–H groups in total. The molecule has 0 radical (unpaired) electrons. The highest BCUT2D eigenvalue weighted by Gasteiger charge is 2.18. The number of aliphatic hydroxyl groups is 1. The fourth-order valence-corrected chi connectivity index (χ4v) is 2.07. The summed E-state index contributed by atoms with van der Waals surface area (Å²) in [6.07, 6.45) is 3.51. The van der Waals surface area contributed by atoms with Crippen LogP contribution in [-0.4, -0.2) is 22.2 Å². The number of anilines is 1. The van der Waals surface area contributed by atoms with Crippen molar-refractivity contribution in [2.45, 2.75) is 39.2 Å². The molecule has 0 spiro atoms. The molecular formula is C12H19BrN2O. The summed E-state index contributed by atoms with van der Waals surface area (Å²) in [4.78, 5) is 4.27. The Hall–Kier alpha value is -0.610. The highest BCUT2D eigenvalue weighted by atomic mass is 79.9. The summed E-state index contributed by atoms with van der Waals surface area (Å²) in [7, 11) is 0. The fourth-order valence-electron chi connectivity index (χ4n) is 1.63. The van der Waals surface area contributed by atoms with Crippen molar-refractivity contribution in [3.8, 4) is 0 Å². The second-order valence-electron chi connectivity index (χ2n) is 4.42. The zero-order valence-corrected chi connectivity index (χ0v) is 11.6. The lowest BCUT2D eigenvalue weighted by molar-refractivity contribution is 0.0636. The van der Waals surface area contributed by atoms with E-state index in [1.807, 2.05) is 19.9 Å². The van der Waals surface area contributed by atoms with Crippen molar-refractivity contribution in [1.82, 2.24) is 4.98 Å².